The van der Waals surface area contributed by atoms with Crippen molar-refractivity contribution in [2.75, 3.05) is 18.5 Å². The fourth-order valence-electron chi connectivity index (χ4n) is 7.30. The molecule has 0 aromatic heterocycles. The van der Waals surface area contributed by atoms with Gasteiger partial charge in [-0.3, -0.25) is 0 Å². The topological polar surface area (TPSA) is 90.8 Å². The molecule has 6 heteroatoms. The number of benzene rings is 4. The van der Waals surface area contributed by atoms with Crippen LogP contribution in [-0.4, -0.2) is 29.4 Å². The number of ether oxygens (including phenoxy) is 1. The second kappa shape index (κ2) is 16.3. The van der Waals surface area contributed by atoms with Crippen molar-refractivity contribution in [3.05, 3.63) is 117 Å². The minimum atomic E-state index is -0.639. The van der Waals surface area contributed by atoms with Gasteiger partial charge in [-0.05, 0) is 72.4 Å². The molecule has 4 aromatic carbocycles. The molecule has 0 spiro atoms. The van der Waals surface area contributed by atoms with Crippen LogP contribution in [0.2, 0.25) is 0 Å². The Kier molecular flexibility index (Phi) is 13.0. The number of carbonyl (C=O) groups excluding carboxylic acids is 1. The molecule has 0 saturated carbocycles. The molecule has 0 aliphatic carbocycles. The smallest absolute Gasteiger partial charge is 0.319 e. The second-order valence-electron chi connectivity index (χ2n) is 22.4. The summed E-state index contributed by atoms with van der Waals surface area (Å²) in [5.74, 6) is 0.477. The molecule has 0 fully saturated rings. The van der Waals surface area contributed by atoms with Crippen LogP contribution in [0.15, 0.2) is 66.7 Å². The van der Waals surface area contributed by atoms with Gasteiger partial charge in [0.05, 0.1) is 6.54 Å². The third-order valence-corrected chi connectivity index (χ3v) is 11.0. The number of phenolic OH excluding ortho intramolecular Hbond substituents is 2. The summed E-state index contributed by atoms with van der Waals surface area (Å²) in [6.07, 6.45) is 0. The molecule has 316 valence electrons. The van der Waals surface area contributed by atoms with E-state index in [2.05, 4.69) is 172 Å². The molecule has 0 atom stereocenters. The van der Waals surface area contributed by atoms with E-state index in [4.69, 9.17) is 4.74 Å². The molecule has 6 nitrogen and oxygen atoms in total. The van der Waals surface area contributed by atoms with Gasteiger partial charge in [0.25, 0.3) is 0 Å². The zero-order valence-electron chi connectivity index (χ0n) is 39.1. The summed E-state index contributed by atoms with van der Waals surface area (Å²) in [4.78, 5) is 12.9. The van der Waals surface area contributed by atoms with Crippen molar-refractivity contribution in [1.29, 1.82) is 0 Å². The molecule has 0 aliphatic rings. The van der Waals surface area contributed by atoms with Gasteiger partial charge in [0.15, 0.2) is 0 Å². The Balaban J connectivity index is 2.17. The first kappa shape index (κ1) is 46.2. The highest BCUT2D eigenvalue weighted by molar-refractivity contribution is 5.89. The number of nitrogens with one attached hydrogen (secondary N) is 2. The third-order valence-electron chi connectivity index (χ3n) is 11.0. The van der Waals surface area contributed by atoms with Crippen molar-refractivity contribution < 1.29 is 19.7 Å². The lowest BCUT2D eigenvalue weighted by Crippen LogP contribution is -2.32. The molecule has 2 amide bonds. The number of para-hydroxylation sites is 1. The van der Waals surface area contributed by atoms with Gasteiger partial charge in [-0.2, -0.15) is 0 Å². The third kappa shape index (κ3) is 10.8. The van der Waals surface area contributed by atoms with Crippen molar-refractivity contribution in [3.63, 3.8) is 0 Å². The van der Waals surface area contributed by atoms with Gasteiger partial charge < -0.3 is 25.6 Å². The molecular weight excluding hydrogens is 717 g/mol. The van der Waals surface area contributed by atoms with E-state index in [1.54, 1.807) is 0 Å². The van der Waals surface area contributed by atoms with Crippen molar-refractivity contribution in [3.8, 4) is 17.2 Å². The van der Waals surface area contributed by atoms with E-state index in [0.717, 1.165) is 50.1 Å². The van der Waals surface area contributed by atoms with Gasteiger partial charge in [-0.1, -0.05) is 179 Å². The molecule has 4 N–H and O–H groups in total. The van der Waals surface area contributed by atoms with E-state index < -0.39 is 5.92 Å². The Hall–Kier alpha value is -4.45. The number of anilines is 1. The molecule has 0 heterocycles. The van der Waals surface area contributed by atoms with Gasteiger partial charge >= 0.3 is 6.03 Å². The number of phenols is 2. The van der Waals surface area contributed by atoms with Crippen molar-refractivity contribution in [1.82, 2.24) is 5.32 Å². The molecule has 4 rings (SSSR count). The number of amides is 2. The van der Waals surface area contributed by atoms with Crippen LogP contribution in [0.25, 0.3) is 0 Å². The molecular formula is C52H74N2O4. The number of rotatable bonds is 8. The average molecular weight is 791 g/mol. The highest BCUT2D eigenvalue weighted by Gasteiger charge is 2.37. The largest absolute Gasteiger partial charge is 0.507 e. The van der Waals surface area contributed by atoms with E-state index in [0.29, 0.717) is 11.4 Å². The van der Waals surface area contributed by atoms with Gasteiger partial charge in [0.1, 0.15) is 23.9 Å². The number of hydrogen-bond acceptors (Lipinski definition) is 4. The first-order valence-corrected chi connectivity index (χ1v) is 21.0. The molecule has 58 heavy (non-hydrogen) atoms. The van der Waals surface area contributed by atoms with Crippen molar-refractivity contribution >= 4 is 11.7 Å². The zero-order chi connectivity index (χ0) is 44.0. The Labute approximate surface area is 351 Å². The summed E-state index contributed by atoms with van der Waals surface area (Å²) in [6, 6.07) is 22.1. The maximum Gasteiger partial charge on any atom is 0.319 e. The first-order chi connectivity index (χ1) is 26.3. The molecule has 0 bridgehead atoms. The highest BCUT2D eigenvalue weighted by Crippen LogP contribution is 2.53. The number of carbonyl (C=O) groups is 1. The average Bonchev–Trinajstić information content (AvgIpc) is 3.05. The van der Waals surface area contributed by atoms with E-state index in [1.165, 1.54) is 0 Å². The summed E-state index contributed by atoms with van der Waals surface area (Å²) >= 11 is 0. The number of aromatic hydroxyl groups is 2. The number of urea groups is 1. The van der Waals surface area contributed by atoms with Crippen LogP contribution in [0.5, 0.6) is 17.2 Å². The Morgan fingerprint density at radius 1 is 0.534 bits per heavy atom. The lowest BCUT2D eigenvalue weighted by Gasteiger charge is -2.35. The minimum absolute atomic E-state index is 0.197. The van der Waals surface area contributed by atoms with Gasteiger partial charge in [-0.15, -0.1) is 0 Å². The zero-order valence-corrected chi connectivity index (χ0v) is 39.1. The lowest BCUT2D eigenvalue weighted by molar-refractivity contribution is 0.246. The lowest BCUT2D eigenvalue weighted by atomic mass is 9.70. The minimum Gasteiger partial charge on any atom is -0.507 e. The normalized spacial score (nSPS) is 13.2. The summed E-state index contributed by atoms with van der Waals surface area (Å²) in [5, 5.41) is 31.3. The van der Waals surface area contributed by atoms with Crippen LogP contribution < -0.4 is 15.4 Å². The predicted molar refractivity (Wildman–Crippen MR) is 245 cm³/mol. The standard InChI is InChI=1S/C52H74N2O4/c1-47(2,3)32-26-36(43(55)39(29-32)50(10,11)12)42(37-27-33(48(4,5)6)30-40(44(37)56)51(13,14)15)38-28-34(49(7,8)9)31-41(52(16,17)18)45(38)58-25-24-53-46(57)54-35-22-20-19-21-23-35/h19-23,26-31,42,55-56H,24-25H2,1-18H3,(H2,53,54,57). The molecule has 0 radical (unpaired) electrons. The maximum absolute atomic E-state index is 12.9. The van der Waals surface area contributed by atoms with Crippen LogP contribution in [0, 0.1) is 0 Å². The SMILES string of the molecule is CC(C)(C)c1cc(C(c2cc(C(C)(C)C)cc(C(C)(C)C)c2O)c2cc(C(C)(C)C)cc(C(C)(C)C)c2OCCNC(=O)Nc2ccccc2)c(O)c(C(C)(C)C)c1. The summed E-state index contributed by atoms with van der Waals surface area (Å²) in [7, 11) is 0. The van der Waals surface area contributed by atoms with E-state index in [9.17, 15) is 15.0 Å². The molecule has 0 saturated heterocycles. The Morgan fingerprint density at radius 2 is 0.914 bits per heavy atom. The fourth-order valence-corrected chi connectivity index (χ4v) is 7.30. The van der Waals surface area contributed by atoms with Crippen molar-refractivity contribution in [2.45, 2.75) is 163 Å². The highest BCUT2D eigenvalue weighted by atomic mass is 16.5. The molecule has 0 aliphatic heterocycles. The van der Waals surface area contributed by atoms with Crippen LogP contribution in [0.3, 0.4) is 0 Å². The van der Waals surface area contributed by atoms with Crippen LogP contribution >= 0.6 is 0 Å². The summed E-state index contributed by atoms with van der Waals surface area (Å²) in [5.41, 5.74) is 7.17. The maximum atomic E-state index is 12.9. The van der Waals surface area contributed by atoms with Crippen LogP contribution in [0.1, 0.15) is 181 Å². The van der Waals surface area contributed by atoms with Gasteiger partial charge in [0, 0.05) is 33.9 Å². The van der Waals surface area contributed by atoms with Gasteiger partial charge in [0.2, 0.25) is 0 Å². The predicted octanol–water partition coefficient (Wildman–Crippen LogP) is 13.3. The molecule has 4 aromatic rings. The Morgan fingerprint density at radius 3 is 1.29 bits per heavy atom. The monoisotopic (exact) mass is 791 g/mol. The molecule has 0 unspecified atom stereocenters. The van der Waals surface area contributed by atoms with Crippen molar-refractivity contribution in [2.24, 2.45) is 0 Å². The van der Waals surface area contributed by atoms with Gasteiger partial charge in [-0.25, -0.2) is 4.79 Å². The Bertz CT molecular complexity index is 2010. The summed E-state index contributed by atoms with van der Waals surface area (Å²) < 4.78 is 6.95. The first-order valence-electron chi connectivity index (χ1n) is 21.0. The van der Waals surface area contributed by atoms with E-state index in [1.807, 2.05) is 30.3 Å². The second-order valence-corrected chi connectivity index (χ2v) is 22.4. The van der Waals surface area contributed by atoms with E-state index in [-0.39, 0.29) is 63.2 Å². The fraction of sp³-hybridized carbons (Fsp3) is 0.519. The summed E-state index contributed by atoms with van der Waals surface area (Å²) in [6.45, 7) is 39.7. The van der Waals surface area contributed by atoms with Crippen LogP contribution in [-0.2, 0) is 32.5 Å². The van der Waals surface area contributed by atoms with Crippen LogP contribution in [0.4, 0.5) is 10.5 Å². The number of hydrogen-bond donors (Lipinski definition) is 4. The quantitative estimate of drug-likeness (QED) is 0.106. The van der Waals surface area contributed by atoms with E-state index >= 15 is 0 Å².